The molecule has 2 aromatic carbocycles. The van der Waals surface area contributed by atoms with Gasteiger partial charge in [0.15, 0.2) is 0 Å². The average molecular weight is 241 g/mol. The molecule has 0 aliphatic carbocycles. The fourth-order valence-electron chi connectivity index (χ4n) is 1.87. The highest BCUT2D eigenvalue weighted by atomic mass is 16.3. The second kappa shape index (κ2) is 6.34. The van der Waals surface area contributed by atoms with E-state index in [1.54, 1.807) is 0 Å². The molecule has 93 valence electrons. The van der Waals surface area contributed by atoms with Crippen molar-refractivity contribution in [1.29, 1.82) is 0 Å². The summed E-state index contributed by atoms with van der Waals surface area (Å²) in [5, 5.41) is 17.8. The van der Waals surface area contributed by atoms with E-state index < -0.39 is 0 Å². The zero-order valence-corrected chi connectivity index (χ0v) is 10.3. The van der Waals surface area contributed by atoms with E-state index in [0.29, 0.717) is 6.42 Å². The highest BCUT2D eigenvalue weighted by Gasteiger charge is 1.98. The molecule has 0 aliphatic heterocycles. The summed E-state index contributed by atoms with van der Waals surface area (Å²) in [6.07, 6.45) is 1.54. The Morgan fingerprint density at radius 2 is 1.50 bits per heavy atom. The van der Waals surface area contributed by atoms with Gasteiger partial charge in [-0.15, -0.1) is 0 Å². The molecule has 0 heterocycles. The van der Waals surface area contributed by atoms with Crippen LogP contribution in [0.15, 0.2) is 42.5 Å². The monoisotopic (exact) mass is 241 g/mol. The molecule has 0 atom stereocenters. The molecular weight excluding hydrogens is 224 g/mol. The standard InChI is InChI=1S/C16H17O2/c17-10-9-13-1-3-14(4-2-13)11-15-5-7-16(12-18)8-6-15/h1-5,7-8,17-18H,9-12H2. The molecule has 0 bridgehead atoms. The van der Waals surface area contributed by atoms with Crippen molar-refractivity contribution in [1.82, 2.24) is 0 Å². The van der Waals surface area contributed by atoms with E-state index in [1.807, 2.05) is 30.3 Å². The maximum absolute atomic E-state index is 8.96. The van der Waals surface area contributed by atoms with Crippen LogP contribution in [0.4, 0.5) is 0 Å². The van der Waals surface area contributed by atoms with Crippen molar-refractivity contribution in [2.24, 2.45) is 0 Å². The Labute approximate surface area is 108 Å². The van der Waals surface area contributed by atoms with Gasteiger partial charge < -0.3 is 10.2 Å². The Hall–Kier alpha value is -1.64. The summed E-state index contributed by atoms with van der Waals surface area (Å²) in [5.74, 6) is 0. The zero-order valence-electron chi connectivity index (χ0n) is 10.3. The van der Waals surface area contributed by atoms with Crippen LogP contribution < -0.4 is 0 Å². The van der Waals surface area contributed by atoms with E-state index in [2.05, 4.69) is 18.2 Å². The highest BCUT2D eigenvalue weighted by molar-refractivity contribution is 5.29. The van der Waals surface area contributed by atoms with Gasteiger partial charge in [0.2, 0.25) is 0 Å². The first-order valence-electron chi connectivity index (χ1n) is 6.11. The molecule has 0 aromatic heterocycles. The Balaban J connectivity index is 2.03. The van der Waals surface area contributed by atoms with Gasteiger partial charge in [-0.25, -0.2) is 0 Å². The summed E-state index contributed by atoms with van der Waals surface area (Å²) in [4.78, 5) is 0. The number of hydrogen-bond acceptors (Lipinski definition) is 2. The van der Waals surface area contributed by atoms with Gasteiger partial charge in [0.25, 0.3) is 0 Å². The summed E-state index contributed by atoms with van der Waals surface area (Å²) in [6.45, 7) is 0.252. The molecule has 2 N–H and O–H groups in total. The fraction of sp³-hybridized carbons (Fsp3) is 0.250. The largest absolute Gasteiger partial charge is 0.396 e. The number of aliphatic hydroxyl groups excluding tert-OH is 2. The lowest BCUT2D eigenvalue weighted by Crippen LogP contribution is -1.93. The Morgan fingerprint density at radius 3 is 2.06 bits per heavy atom. The van der Waals surface area contributed by atoms with Crippen LogP contribution in [0.2, 0.25) is 0 Å². The normalized spacial score (nSPS) is 10.6. The summed E-state index contributed by atoms with van der Waals surface area (Å²) in [7, 11) is 0. The molecule has 18 heavy (non-hydrogen) atoms. The van der Waals surface area contributed by atoms with Gasteiger partial charge in [-0.2, -0.15) is 0 Å². The van der Waals surface area contributed by atoms with E-state index in [0.717, 1.165) is 23.1 Å². The van der Waals surface area contributed by atoms with Crippen LogP contribution in [-0.4, -0.2) is 16.8 Å². The van der Waals surface area contributed by atoms with Gasteiger partial charge in [0, 0.05) is 6.61 Å². The van der Waals surface area contributed by atoms with Crippen LogP contribution >= 0.6 is 0 Å². The van der Waals surface area contributed by atoms with Gasteiger partial charge in [-0.3, -0.25) is 0 Å². The number of hydrogen-bond donors (Lipinski definition) is 2. The summed E-state index contributed by atoms with van der Waals surface area (Å²) in [6, 6.07) is 17.2. The van der Waals surface area contributed by atoms with E-state index in [9.17, 15) is 0 Å². The smallest absolute Gasteiger partial charge is 0.0682 e. The zero-order chi connectivity index (χ0) is 12.8. The number of rotatable bonds is 5. The maximum atomic E-state index is 8.96. The molecule has 0 fully saturated rings. The quantitative estimate of drug-likeness (QED) is 0.841. The number of aliphatic hydroxyl groups is 2. The third kappa shape index (κ3) is 3.42. The average Bonchev–Trinajstić information content (AvgIpc) is 2.42. The lowest BCUT2D eigenvalue weighted by Gasteiger charge is -2.04. The molecule has 0 unspecified atom stereocenters. The van der Waals surface area contributed by atoms with Gasteiger partial charge in [0.1, 0.15) is 0 Å². The van der Waals surface area contributed by atoms with E-state index in [4.69, 9.17) is 10.2 Å². The van der Waals surface area contributed by atoms with Crippen LogP contribution in [0.25, 0.3) is 0 Å². The Bertz CT molecular complexity index is 471. The lowest BCUT2D eigenvalue weighted by molar-refractivity contribution is 0.282. The summed E-state index contributed by atoms with van der Waals surface area (Å²) < 4.78 is 0. The molecule has 1 radical (unpaired) electrons. The summed E-state index contributed by atoms with van der Waals surface area (Å²) >= 11 is 0. The van der Waals surface area contributed by atoms with E-state index in [-0.39, 0.29) is 13.2 Å². The van der Waals surface area contributed by atoms with Crippen LogP contribution in [0.1, 0.15) is 22.3 Å². The lowest BCUT2D eigenvalue weighted by atomic mass is 10.0. The second-order valence-electron chi connectivity index (χ2n) is 4.35. The SMILES string of the molecule is OCCc1ccc(Cc2[c]cc(CO)cc2)cc1. The number of benzene rings is 2. The van der Waals surface area contributed by atoms with Crippen LogP contribution in [0.3, 0.4) is 0 Å². The van der Waals surface area contributed by atoms with Crippen molar-refractivity contribution >= 4 is 0 Å². The molecule has 0 saturated carbocycles. The van der Waals surface area contributed by atoms with Gasteiger partial charge in [0.05, 0.1) is 6.61 Å². The Kier molecular flexibility index (Phi) is 4.51. The summed E-state index contributed by atoms with van der Waals surface area (Å²) in [5.41, 5.74) is 4.38. The molecule has 0 aliphatic rings. The van der Waals surface area contributed by atoms with Crippen molar-refractivity contribution < 1.29 is 10.2 Å². The first-order chi connectivity index (χ1) is 8.81. The minimum atomic E-state index is 0.0621. The third-order valence-electron chi connectivity index (χ3n) is 2.94. The van der Waals surface area contributed by atoms with Crippen LogP contribution in [0, 0.1) is 6.07 Å². The van der Waals surface area contributed by atoms with Gasteiger partial charge >= 0.3 is 0 Å². The molecule has 0 amide bonds. The molecule has 2 aromatic rings. The first kappa shape index (κ1) is 12.8. The topological polar surface area (TPSA) is 40.5 Å². The molecular formula is C16H17O2. The minimum absolute atomic E-state index is 0.0621. The molecule has 0 spiro atoms. The van der Waals surface area contributed by atoms with E-state index >= 15 is 0 Å². The Morgan fingerprint density at radius 1 is 0.833 bits per heavy atom. The highest BCUT2D eigenvalue weighted by Crippen LogP contribution is 2.12. The molecule has 2 nitrogen and oxygen atoms in total. The molecule has 2 rings (SSSR count). The maximum Gasteiger partial charge on any atom is 0.0682 e. The van der Waals surface area contributed by atoms with Gasteiger partial charge in [-0.05, 0) is 47.2 Å². The fourth-order valence-corrected chi connectivity index (χ4v) is 1.87. The second-order valence-corrected chi connectivity index (χ2v) is 4.35. The molecule has 0 saturated heterocycles. The minimum Gasteiger partial charge on any atom is -0.396 e. The van der Waals surface area contributed by atoms with E-state index in [1.165, 1.54) is 5.56 Å². The predicted molar refractivity (Wildman–Crippen MR) is 71.2 cm³/mol. The van der Waals surface area contributed by atoms with Crippen LogP contribution in [-0.2, 0) is 19.4 Å². The van der Waals surface area contributed by atoms with Crippen molar-refractivity contribution in [3.63, 3.8) is 0 Å². The van der Waals surface area contributed by atoms with Crippen molar-refractivity contribution in [3.05, 3.63) is 70.8 Å². The predicted octanol–water partition coefficient (Wildman–Crippen LogP) is 2.10. The van der Waals surface area contributed by atoms with Crippen molar-refractivity contribution in [2.45, 2.75) is 19.4 Å². The third-order valence-corrected chi connectivity index (χ3v) is 2.94. The first-order valence-corrected chi connectivity index (χ1v) is 6.11. The van der Waals surface area contributed by atoms with Crippen molar-refractivity contribution in [3.8, 4) is 0 Å². The van der Waals surface area contributed by atoms with Crippen molar-refractivity contribution in [2.75, 3.05) is 6.61 Å². The molecule has 2 heteroatoms. The van der Waals surface area contributed by atoms with Gasteiger partial charge in [-0.1, -0.05) is 36.4 Å². The van der Waals surface area contributed by atoms with Crippen LogP contribution in [0.5, 0.6) is 0 Å².